The minimum atomic E-state index is 0. The summed E-state index contributed by atoms with van der Waals surface area (Å²) in [6.45, 7) is 0. The van der Waals surface area contributed by atoms with E-state index in [9.17, 15) is 0 Å². The molecule has 10 radical (unpaired) electrons. The Morgan fingerprint density at radius 3 is 1.09 bits per heavy atom. The minimum Gasteiger partial charge on any atom is -0.699 e. The predicted molar refractivity (Wildman–Crippen MR) is 111 cm³/mol. The molecule has 0 saturated heterocycles. The van der Waals surface area contributed by atoms with Crippen LogP contribution in [0.5, 0.6) is 11.5 Å². The van der Waals surface area contributed by atoms with Crippen LogP contribution in [0, 0.1) is 0 Å². The average molecular weight is 1350 g/mol. The van der Waals surface area contributed by atoms with E-state index in [1.165, 1.54) is 0 Å². The van der Waals surface area contributed by atoms with Gasteiger partial charge < -0.3 is 16.2 Å². The zero-order chi connectivity index (χ0) is 17.6. The summed E-state index contributed by atoms with van der Waals surface area (Å²) in [5, 5.41) is 3.78. The molecule has 0 fully saturated rings. The van der Waals surface area contributed by atoms with Gasteiger partial charge in [-0.1, -0.05) is 48.5 Å². The molecule has 2 N–H and O–H groups in total. The van der Waals surface area contributed by atoms with Crippen molar-refractivity contribution in [3.8, 4) is 11.5 Å². The van der Waals surface area contributed by atoms with Crippen LogP contribution in [0.2, 0.25) is 0 Å². The van der Waals surface area contributed by atoms with Crippen LogP contribution >= 0.6 is 31.9 Å². The fraction of sp³-hybridized carbons (Fsp3) is 0. The Bertz CT molecular complexity index is 1070. The monoisotopic (exact) mass is 1340 g/mol. The van der Waals surface area contributed by atoms with E-state index in [1.807, 2.05) is 48.5 Å². The second-order valence-electron chi connectivity index (χ2n) is 5.73. The zero-order valence-electron chi connectivity index (χ0n) is 18.7. The van der Waals surface area contributed by atoms with Gasteiger partial charge in [-0.25, -0.2) is 0 Å². The maximum atomic E-state index is 7.81. The minimum absolute atomic E-state index is 0. The Morgan fingerprint density at radius 2 is 0.771 bits per heavy atom. The summed E-state index contributed by atoms with van der Waals surface area (Å²) in [4.78, 5) is 0. The van der Waals surface area contributed by atoms with Crippen LogP contribution in [0.25, 0.3) is 33.0 Å². The summed E-state index contributed by atoms with van der Waals surface area (Å²) in [6, 6.07) is 18.7. The molecule has 0 amide bonds. The van der Waals surface area contributed by atoms with E-state index in [0.717, 1.165) is 30.5 Å². The van der Waals surface area contributed by atoms with Crippen LogP contribution in [0.3, 0.4) is 0 Å². The fourth-order valence-electron chi connectivity index (χ4n) is 2.86. The Balaban J connectivity index is -0.000000157. The van der Waals surface area contributed by atoms with Gasteiger partial charge in [0.25, 0.3) is 0 Å². The molecule has 0 unspecified atom stereocenters. The molecular weight excluding hydrogens is 1330 g/mol. The van der Waals surface area contributed by atoms with Crippen LogP contribution in [0.4, 0.5) is 11.4 Å². The number of hydrogen-bond acceptors (Lipinski definition) is 1. The second kappa shape index (κ2) is 30.2. The molecule has 0 aliphatic heterocycles. The third-order valence-electron chi connectivity index (χ3n) is 4.05. The van der Waals surface area contributed by atoms with Gasteiger partial charge in [-0.05, 0) is 54.8 Å². The van der Waals surface area contributed by atoms with Gasteiger partial charge >= 0.3 is 0 Å². The van der Waals surface area contributed by atoms with E-state index in [4.69, 9.17) is 16.2 Å². The summed E-state index contributed by atoms with van der Waals surface area (Å²) in [7, 11) is 0. The molecule has 15 heteroatoms. The molecule has 0 aliphatic rings. The van der Waals surface area contributed by atoms with E-state index in [0.29, 0.717) is 22.9 Å². The first kappa shape index (κ1) is 59.2. The van der Waals surface area contributed by atoms with Crippen LogP contribution in [0.1, 0.15) is 0 Å². The molecule has 0 bridgehead atoms. The van der Waals surface area contributed by atoms with Crippen molar-refractivity contribution in [3.05, 3.63) is 81.1 Å². The number of hydrogen-bond donors (Lipinski definition) is 0. The van der Waals surface area contributed by atoms with Crippen molar-refractivity contribution in [2.75, 3.05) is 0 Å². The maximum Gasteiger partial charge on any atom is 0.149 e. The fourth-order valence-corrected chi connectivity index (χ4v) is 3.71. The third kappa shape index (κ3) is 17.0. The number of rotatable bonds is 2. The summed E-state index contributed by atoms with van der Waals surface area (Å²) >= 11 is 7.15. The Hall–Kier alpha value is 8.80. The molecular formula is C20H12Br2N2OY10-2. The van der Waals surface area contributed by atoms with Crippen molar-refractivity contribution in [1.29, 1.82) is 0 Å². The Labute approximate surface area is 475 Å². The number of ether oxygens (including phenoxy) is 1. The largest absolute Gasteiger partial charge is 0.699 e. The summed E-state index contributed by atoms with van der Waals surface area (Å²) in [5.41, 5.74) is 16.5. The molecule has 4 aromatic carbocycles. The van der Waals surface area contributed by atoms with Gasteiger partial charge in [0.1, 0.15) is 11.5 Å². The quantitative estimate of drug-likeness (QED) is 0.199. The second-order valence-corrected chi connectivity index (χ2v) is 7.44. The molecule has 0 spiro atoms. The van der Waals surface area contributed by atoms with Crippen molar-refractivity contribution in [2.45, 2.75) is 0 Å². The molecule has 154 valence electrons. The van der Waals surface area contributed by atoms with Crippen LogP contribution in [-0.2, 0) is 327 Å². The maximum absolute atomic E-state index is 7.81. The molecule has 4 aromatic rings. The third-order valence-corrected chi connectivity index (χ3v) is 5.30. The number of benzene rings is 4. The van der Waals surface area contributed by atoms with Gasteiger partial charge in [-0.15, -0.1) is 11.4 Å². The van der Waals surface area contributed by atoms with Crippen LogP contribution < -0.4 is 4.74 Å². The average Bonchev–Trinajstić information content (AvgIpc) is 2.59. The van der Waals surface area contributed by atoms with Crippen molar-refractivity contribution >= 4 is 64.8 Å². The Morgan fingerprint density at radius 1 is 0.457 bits per heavy atom. The first-order chi connectivity index (χ1) is 12.0. The standard InChI is InChI=1S/C20H12Br2N2O.10Y/c21-17-7-1-11-9-13(23)3-5-15(11)19(17)25-20-16-6-4-14(24)10-12(16)2-8-18(20)22;;;;;;;;;;/h1-10,23-24H;;;;;;;;;;/q-2;;;;;;;;;;. The first-order valence-corrected chi connectivity index (χ1v) is 9.17. The number of nitrogens with one attached hydrogen (secondary N) is 2. The molecule has 35 heavy (non-hydrogen) atoms. The molecule has 0 saturated carbocycles. The number of halogens is 2. The topological polar surface area (TPSA) is 56.8 Å². The predicted octanol–water partition coefficient (Wildman–Crippen LogP) is 8.65. The van der Waals surface area contributed by atoms with E-state index >= 15 is 0 Å². The SMILES string of the molecule is [NH-]c1ccc2c(Oc3c(Br)ccc4cc([NH-])ccc34)c(Br)ccc2c1.[Y].[Y].[Y].[Y].[Y].[Y].[Y].[Y].[Y].[Y]. The zero-order valence-corrected chi connectivity index (χ0v) is 50.3. The normalized spacial score (nSPS) is 7.94. The van der Waals surface area contributed by atoms with Crippen molar-refractivity contribution in [1.82, 2.24) is 0 Å². The van der Waals surface area contributed by atoms with Gasteiger partial charge in [0, 0.05) is 338 Å². The number of fused-ring (bicyclic) bond motifs is 2. The van der Waals surface area contributed by atoms with Gasteiger partial charge in [0.15, 0.2) is 0 Å². The smallest absolute Gasteiger partial charge is 0.149 e. The van der Waals surface area contributed by atoms with Crippen molar-refractivity contribution < 1.29 is 332 Å². The molecule has 0 aliphatic carbocycles. The van der Waals surface area contributed by atoms with E-state index in [2.05, 4.69) is 31.9 Å². The van der Waals surface area contributed by atoms with Gasteiger partial charge in [0.05, 0.1) is 8.95 Å². The van der Waals surface area contributed by atoms with Gasteiger partial charge in [0.2, 0.25) is 0 Å². The van der Waals surface area contributed by atoms with Crippen molar-refractivity contribution in [3.63, 3.8) is 0 Å². The van der Waals surface area contributed by atoms with Gasteiger partial charge in [-0.3, -0.25) is 0 Å². The van der Waals surface area contributed by atoms with E-state index in [1.54, 1.807) is 12.1 Å². The van der Waals surface area contributed by atoms with Crippen molar-refractivity contribution in [2.24, 2.45) is 0 Å². The molecule has 0 aromatic heterocycles. The summed E-state index contributed by atoms with van der Waals surface area (Å²) < 4.78 is 8.02. The van der Waals surface area contributed by atoms with Gasteiger partial charge in [-0.2, -0.15) is 0 Å². The Kier molecular flexibility index (Phi) is 51.0. The molecule has 4 rings (SSSR count). The summed E-state index contributed by atoms with van der Waals surface area (Å²) in [5.74, 6) is 1.42. The van der Waals surface area contributed by atoms with Crippen LogP contribution in [-0.4, -0.2) is 0 Å². The summed E-state index contributed by atoms with van der Waals surface area (Å²) in [6.07, 6.45) is 0. The molecule has 0 heterocycles. The first-order valence-electron chi connectivity index (χ1n) is 7.58. The molecule has 0 atom stereocenters. The van der Waals surface area contributed by atoms with E-state index < -0.39 is 0 Å². The van der Waals surface area contributed by atoms with Crippen LogP contribution in [0.15, 0.2) is 69.6 Å². The van der Waals surface area contributed by atoms with E-state index in [-0.39, 0.29) is 327 Å². The molecule has 3 nitrogen and oxygen atoms in total.